The molecule has 4 rings (SSSR count). The van der Waals surface area contributed by atoms with Gasteiger partial charge in [-0.1, -0.05) is 17.7 Å². The van der Waals surface area contributed by atoms with Gasteiger partial charge in [0.15, 0.2) is 0 Å². The monoisotopic (exact) mass is 457 g/mol. The first-order chi connectivity index (χ1) is 14.3. The Bertz CT molecular complexity index is 1350. The Morgan fingerprint density at radius 1 is 1.00 bits per heavy atom. The predicted octanol–water partition coefficient (Wildman–Crippen LogP) is 5.31. The van der Waals surface area contributed by atoms with Gasteiger partial charge in [-0.2, -0.15) is 0 Å². The second-order valence-electron chi connectivity index (χ2n) is 6.51. The van der Waals surface area contributed by atoms with Crippen LogP contribution in [0.2, 0.25) is 5.02 Å². The average Bonchev–Trinajstić information content (AvgIpc) is 3.07. The van der Waals surface area contributed by atoms with Gasteiger partial charge in [0.1, 0.15) is 0 Å². The van der Waals surface area contributed by atoms with E-state index in [1.54, 1.807) is 35.6 Å². The van der Waals surface area contributed by atoms with E-state index in [4.69, 9.17) is 11.6 Å². The average molecular weight is 458 g/mol. The van der Waals surface area contributed by atoms with Gasteiger partial charge in [0.2, 0.25) is 0 Å². The number of thiazole rings is 1. The normalized spacial score (nSPS) is 11.4. The molecule has 0 aliphatic rings. The van der Waals surface area contributed by atoms with Gasteiger partial charge >= 0.3 is 0 Å². The summed E-state index contributed by atoms with van der Waals surface area (Å²) in [5, 5.41) is 4.12. The molecule has 0 fully saturated rings. The Morgan fingerprint density at radius 2 is 1.73 bits per heavy atom. The molecule has 0 saturated heterocycles. The summed E-state index contributed by atoms with van der Waals surface area (Å²) >= 11 is 7.46. The summed E-state index contributed by atoms with van der Waals surface area (Å²) < 4.78 is 28.5. The molecule has 30 heavy (non-hydrogen) atoms. The molecule has 1 amide bonds. The number of aryl methyl sites for hydroxylation is 1. The van der Waals surface area contributed by atoms with Crippen LogP contribution in [-0.2, 0) is 10.0 Å². The van der Waals surface area contributed by atoms with Crippen molar-refractivity contribution in [3.8, 4) is 0 Å². The molecule has 152 valence electrons. The number of carbonyl (C=O) groups is 1. The Morgan fingerprint density at radius 3 is 2.47 bits per heavy atom. The summed E-state index contributed by atoms with van der Waals surface area (Å²) in [5.74, 6) is -0.300. The molecule has 1 heterocycles. The molecule has 4 aromatic rings. The summed E-state index contributed by atoms with van der Waals surface area (Å²) in [4.78, 5) is 17.0. The third-order valence-electron chi connectivity index (χ3n) is 4.26. The fraction of sp³-hybridized carbons (Fsp3) is 0.0476. The Balaban J connectivity index is 1.47. The van der Waals surface area contributed by atoms with Gasteiger partial charge in [0, 0.05) is 22.0 Å². The van der Waals surface area contributed by atoms with Gasteiger partial charge in [-0.15, -0.1) is 11.3 Å². The molecular formula is C21H16ClN3O3S2. The molecule has 0 aliphatic heterocycles. The summed E-state index contributed by atoms with van der Waals surface area (Å²) in [6.07, 6.45) is 0. The maximum Gasteiger partial charge on any atom is 0.261 e. The minimum atomic E-state index is -3.78. The molecule has 1 aromatic heterocycles. The van der Waals surface area contributed by atoms with Crippen LogP contribution in [0.3, 0.4) is 0 Å². The predicted molar refractivity (Wildman–Crippen MR) is 121 cm³/mol. The number of fused-ring (bicyclic) bond motifs is 1. The first kappa shape index (κ1) is 20.3. The third kappa shape index (κ3) is 4.46. The van der Waals surface area contributed by atoms with E-state index in [-0.39, 0.29) is 10.8 Å². The lowest BCUT2D eigenvalue weighted by molar-refractivity contribution is 0.102. The second-order valence-corrected chi connectivity index (χ2v) is 9.86. The molecule has 0 radical (unpaired) electrons. The largest absolute Gasteiger partial charge is 0.322 e. The molecule has 0 bridgehead atoms. The van der Waals surface area contributed by atoms with Crippen molar-refractivity contribution in [1.29, 1.82) is 0 Å². The highest BCUT2D eigenvalue weighted by Crippen LogP contribution is 2.25. The topological polar surface area (TPSA) is 88.2 Å². The fourth-order valence-electron chi connectivity index (χ4n) is 2.86. The molecular weight excluding hydrogens is 442 g/mol. The van der Waals surface area contributed by atoms with E-state index in [1.807, 2.05) is 25.1 Å². The van der Waals surface area contributed by atoms with Gasteiger partial charge in [0.05, 0.1) is 20.1 Å². The van der Waals surface area contributed by atoms with E-state index in [0.717, 1.165) is 15.2 Å². The minimum absolute atomic E-state index is 0.0597. The lowest BCUT2D eigenvalue weighted by Crippen LogP contribution is -2.14. The van der Waals surface area contributed by atoms with Crippen LogP contribution in [0.1, 0.15) is 15.4 Å². The Hall–Kier alpha value is -2.94. The van der Waals surface area contributed by atoms with Crippen molar-refractivity contribution in [2.24, 2.45) is 0 Å². The number of nitrogens with zero attached hydrogens (tertiary/aromatic N) is 1. The Labute approximate surface area is 182 Å². The van der Waals surface area contributed by atoms with Crippen LogP contribution in [0.5, 0.6) is 0 Å². The molecule has 0 atom stereocenters. The first-order valence-corrected chi connectivity index (χ1v) is 11.5. The number of hydrogen-bond donors (Lipinski definition) is 2. The van der Waals surface area contributed by atoms with Crippen LogP contribution in [0.4, 0.5) is 11.4 Å². The maximum absolute atomic E-state index is 12.5. The molecule has 6 nitrogen and oxygen atoms in total. The van der Waals surface area contributed by atoms with E-state index < -0.39 is 10.0 Å². The zero-order chi connectivity index (χ0) is 21.3. The fourth-order valence-corrected chi connectivity index (χ4v) is 5.03. The molecule has 0 aliphatic carbocycles. The molecule has 0 saturated carbocycles. The van der Waals surface area contributed by atoms with E-state index >= 15 is 0 Å². The number of carbonyl (C=O) groups excluding carboxylic acids is 1. The highest BCUT2D eigenvalue weighted by atomic mass is 35.5. The summed E-state index contributed by atoms with van der Waals surface area (Å²) in [7, 11) is -3.78. The molecule has 2 N–H and O–H groups in total. The third-order valence-corrected chi connectivity index (χ3v) is 6.82. The van der Waals surface area contributed by atoms with Crippen LogP contribution in [0.15, 0.2) is 71.6 Å². The standard InChI is InChI=1S/C21H16ClN3O3S2/c1-13-23-19-12-17(9-10-20(19)29-13)24-21(26)14-5-7-16(8-6-14)25-30(27,28)18-4-2-3-15(22)11-18/h2-12,25H,1H3,(H,24,26). The van der Waals surface area contributed by atoms with Gasteiger partial charge in [-0.3, -0.25) is 9.52 Å². The number of anilines is 2. The van der Waals surface area contributed by atoms with E-state index in [9.17, 15) is 13.2 Å². The zero-order valence-corrected chi connectivity index (χ0v) is 18.1. The molecule has 3 aromatic carbocycles. The SMILES string of the molecule is Cc1nc2cc(NC(=O)c3ccc(NS(=O)(=O)c4cccc(Cl)c4)cc3)ccc2s1. The number of rotatable bonds is 5. The second kappa shape index (κ2) is 8.06. The lowest BCUT2D eigenvalue weighted by atomic mass is 10.2. The van der Waals surface area contributed by atoms with Crippen LogP contribution in [0.25, 0.3) is 10.2 Å². The summed E-state index contributed by atoms with van der Waals surface area (Å²) in [6.45, 7) is 1.94. The highest BCUT2D eigenvalue weighted by molar-refractivity contribution is 7.92. The van der Waals surface area contributed by atoms with Crippen LogP contribution < -0.4 is 10.0 Å². The van der Waals surface area contributed by atoms with Gasteiger partial charge in [0.25, 0.3) is 15.9 Å². The number of hydrogen-bond acceptors (Lipinski definition) is 5. The number of amides is 1. The summed E-state index contributed by atoms with van der Waals surface area (Å²) in [6, 6.07) is 17.7. The van der Waals surface area contributed by atoms with Gasteiger partial charge in [-0.25, -0.2) is 13.4 Å². The zero-order valence-electron chi connectivity index (χ0n) is 15.7. The quantitative estimate of drug-likeness (QED) is 0.425. The summed E-state index contributed by atoms with van der Waals surface area (Å²) in [5.41, 5.74) is 2.21. The van der Waals surface area contributed by atoms with Crippen molar-refractivity contribution in [3.63, 3.8) is 0 Å². The first-order valence-electron chi connectivity index (χ1n) is 8.87. The smallest absolute Gasteiger partial charge is 0.261 e. The van der Waals surface area contributed by atoms with E-state index in [1.165, 1.54) is 24.3 Å². The Kier molecular flexibility index (Phi) is 5.46. The van der Waals surface area contributed by atoms with Gasteiger partial charge < -0.3 is 5.32 Å². The van der Waals surface area contributed by atoms with Crippen LogP contribution in [-0.4, -0.2) is 19.3 Å². The number of sulfonamides is 1. The van der Waals surface area contributed by atoms with E-state index in [0.29, 0.717) is 22.0 Å². The minimum Gasteiger partial charge on any atom is -0.322 e. The molecule has 0 spiro atoms. The van der Waals surface area contributed by atoms with Crippen LogP contribution >= 0.6 is 22.9 Å². The van der Waals surface area contributed by atoms with Crippen molar-refractivity contribution in [1.82, 2.24) is 4.98 Å². The van der Waals surface area contributed by atoms with Crippen molar-refractivity contribution in [3.05, 3.63) is 82.3 Å². The van der Waals surface area contributed by atoms with Crippen molar-refractivity contribution in [2.45, 2.75) is 11.8 Å². The molecule has 9 heteroatoms. The van der Waals surface area contributed by atoms with Crippen molar-refractivity contribution in [2.75, 3.05) is 10.0 Å². The van der Waals surface area contributed by atoms with Crippen molar-refractivity contribution >= 4 is 60.5 Å². The van der Waals surface area contributed by atoms with Crippen LogP contribution in [0, 0.1) is 6.92 Å². The number of benzene rings is 3. The highest BCUT2D eigenvalue weighted by Gasteiger charge is 2.15. The lowest BCUT2D eigenvalue weighted by Gasteiger charge is -2.09. The number of aromatic nitrogens is 1. The van der Waals surface area contributed by atoms with Gasteiger partial charge in [-0.05, 0) is 67.6 Å². The molecule has 0 unspecified atom stereocenters. The number of nitrogens with one attached hydrogen (secondary N) is 2. The van der Waals surface area contributed by atoms with Crippen molar-refractivity contribution < 1.29 is 13.2 Å². The van der Waals surface area contributed by atoms with E-state index in [2.05, 4.69) is 15.0 Å². The maximum atomic E-state index is 12.5. The number of halogens is 1.